The maximum absolute atomic E-state index is 12.7. The fourth-order valence-corrected chi connectivity index (χ4v) is 3.09. The summed E-state index contributed by atoms with van der Waals surface area (Å²) in [5.41, 5.74) is 1.51. The number of carbonyl (C=O) groups excluding carboxylic acids is 2. The van der Waals surface area contributed by atoms with Gasteiger partial charge < -0.3 is 25.3 Å². The van der Waals surface area contributed by atoms with E-state index in [1.165, 1.54) is 12.1 Å². The lowest BCUT2D eigenvalue weighted by Crippen LogP contribution is -2.49. The lowest BCUT2D eigenvalue weighted by molar-refractivity contribution is -0.123. The maximum atomic E-state index is 12.7. The average Bonchev–Trinajstić information content (AvgIpc) is 3.16. The van der Waals surface area contributed by atoms with Gasteiger partial charge in [-0.05, 0) is 23.3 Å². The zero-order chi connectivity index (χ0) is 21.3. The van der Waals surface area contributed by atoms with Crippen LogP contribution in [0.1, 0.15) is 17.5 Å². The number of amides is 2. The van der Waals surface area contributed by atoms with E-state index in [0.717, 1.165) is 5.56 Å². The van der Waals surface area contributed by atoms with Crippen LogP contribution in [0.3, 0.4) is 0 Å². The maximum Gasteiger partial charge on any atom is 0.408 e. The van der Waals surface area contributed by atoms with Gasteiger partial charge in [-0.1, -0.05) is 59.2 Å². The molecule has 30 heavy (non-hydrogen) atoms. The normalized spacial score (nSPS) is 16.2. The van der Waals surface area contributed by atoms with Gasteiger partial charge in [-0.15, -0.1) is 0 Å². The van der Waals surface area contributed by atoms with Crippen LogP contribution in [-0.2, 0) is 27.4 Å². The molecule has 0 bridgehead atoms. The van der Waals surface area contributed by atoms with Gasteiger partial charge in [-0.2, -0.15) is 0 Å². The first-order valence-electron chi connectivity index (χ1n) is 9.40. The third-order valence-corrected chi connectivity index (χ3v) is 4.60. The number of hydrogen-bond acceptors (Lipinski definition) is 6. The van der Waals surface area contributed by atoms with E-state index in [2.05, 4.69) is 15.8 Å². The molecule has 158 valence electrons. The Morgan fingerprint density at radius 3 is 2.67 bits per heavy atom. The van der Waals surface area contributed by atoms with E-state index in [0.29, 0.717) is 17.2 Å². The number of halogens is 1. The van der Waals surface area contributed by atoms with E-state index in [1.54, 1.807) is 12.1 Å². The van der Waals surface area contributed by atoms with E-state index in [4.69, 9.17) is 21.2 Å². The van der Waals surface area contributed by atoms with Crippen LogP contribution in [0.25, 0.3) is 0 Å². The quantitative estimate of drug-likeness (QED) is 0.595. The first kappa shape index (κ1) is 21.4. The number of phenols is 1. The largest absolute Gasteiger partial charge is 0.508 e. The molecule has 0 saturated heterocycles. The minimum atomic E-state index is -0.909. The Labute approximate surface area is 178 Å². The third kappa shape index (κ3) is 6.66. The summed E-state index contributed by atoms with van der Waals surface area (Å²) in [6.07, 6.45) is -0.495. The van der Waals surface area contributed by atoms with Crippen molar-refractivity contribution in [2.24, 2.45) is 5.16 Å². The summed E-state index contributed by atoms with van der Waals surface area (Å²) in [4.78, 5) is 30.1. The van der Waals surface area contributed by atoms with E-state index < -0.39 is 18.0 Å². The second kappa shape index (κ2) is 10.5. The first-order valence-corrected chi connectivity index (χ1v) is 9.78. The highest BCUT2D eigenvalue weighted by molar-refractivity contribution is 6.65. The van der Waals surface area contributed by atoms with Gasteiger partial charge in [0, 0.05) is 12.8 Å². The standard InChI is InChI=1S/C21H22ClN3O5/c22-19-11-17(30-25-19)12-23-20(27)18(10-15-7-4-8-16(26)9-15)24-21(28)29-13-14-5-2-1-3-6-14/h1-9,17-18,26H,10-13H2,(H,23,27)(H,24,28)/t17?,18-/m0/s1. The summed E-state index contributed by atoms with van der Waals surface area (Å²) < 4.78 is 5.22. The summed E-state index contributed by atoms with van der Waals surface area (Å²) in [6, 6.07) is 14.8. The number of nitrogens with zero attached hydrogens (tertiary/aromatic N) is 1. The zero-order valence-corrected chi connectivity index (χ0v) is 16.8. The van der Waals surface area contributed by atoms with Crippen LogP contribution in [0, 0.1) is 0 Å². The van der Waals surface area contributed by atoms with Crippen molar-refractivity contribution in [3.8, 4) is 5.75 Å². The van der Waals surface area contributed by atoms with Gasteiger partial charge in [0.25, 0.3) is 0 Å². The second-order valence-corrected chi connectivity index (χ2v) is 7.21. The van der Waals surface area contributed by atoms with Gasteiger partial charge >= 0.3 is 6.09 Å². The number of ether oxygens (including phenoxy) is 1. The predicted molar refractivity (Wildman–Crippen MR) is 111 cm³/mol. The number of rotatable bonds is 8. The van der Waals surface area contributed by atoms with Gasteiger partial charge in [-0.3, -0.25) is 4.79 Å². The van der Waals surface area contributed by atoms with E-state index in [9.17, 15) is 14.7 Å². The minimum absolute atomic E-state index is 0.0736. The van der Waals surface area contributed by atoms with Gasteiger partial charge in [-0.25, -0.2) is 4.79 Å². The van der Waals surface area contributed by atoms with Crippen LogP contribution in [0.5, 0.6) is 5.75 Å². The number of aromatic hydroxyl groups is 1. The van der Waals surface area contributed by atoms with E-state index in [1.807, 2.05) is 30.3 Å². The average molecular weight is 432 g/mol. The molecule has 0 spiro atoms. The molecule has 9 heteroatoms. The summed E-state index contributed by atoms with van der Waals surface area (Å²) in [5, 5.41) is 19.0. The Bertz CT molecular complexity index is 907. The third-order valence-electron chi connectivity index (χ3n) is 4.37. The Morgan fingerprint density at radius 2 is 1.97 bits per heavy atom. The van der Waals surface area contributed by atoms with Crippen LogP contribution >= 0.6 is 11.6 Å². The molecule has 3 N–H and O–H groups in total. The summed E-state index contributed by atoms with van der Waals surface area (Å²) in [7, 11) is 0. The van der Waals surface area contributed by atoms with Crippen molar-refractivity contribution in [2.75, 3.05) is 6.54 Å². The van der Waals surface area contributed by atoms with Gasteiger partial charge in [0.05, 0.1) is 6.54 Å². The second-order valence-electron chi connectivity index (χ2n) is 6.78. The molecule has 8 nitrogen and oxygen atoms in total. The number of nitrogens with one attached hydrogen (secondary N) is 2. The number of oxime groups is 1. The summed E-state index contributed by atoms with van der Waals surface area (Å²) in [5.74, 6) is -0.342. The molecule has 2 aromatic carbocycles. The Hall–Kier alpha value is -3.26. The topological polar surface area (TPSA) is 109 Å². The van der Waals surface area contributed by atoms with Gasteiger partial charge in [0.1, 0.15) is 23.6 Å². The van der Waals surface area contributed by atoms with Gasteiger partial charge in [0.15, 0.2) is 6.10 Å². The van der Waals surface area contributed by atoms with E-state index >= 15 is 0 Å². The molecule has 1 aliphatic rings. The van der Waals surface area contributed by atoms with Crippen LogP contribution in [0.15, 0.2) is 59.8 Å². The highest BCUT2D eigenvalue weighted by Crippen LogP contribution is 2.14. The fraction of sp³-hybridized carbons (Fsp3) is 0.286. The number of alkyl carbamates (subject to hydrolysis) is 1. The van der Waals surface area contributed by atoms with Gasteiger partial charge in [0.2, 0.25) is 5.91 Å². The fourth-order valence-electron chi connectivity index (χ4n) is 2.88. The molecule has 2 aromatic rings. The summed E-state index contributed by atoms with van der Waals surface area (Å²) >= 11 is 5.78. The number of benzene rings is 2. The Balaban J connectivity index is 1.59. The molecule has 0 aliphatic carbocycles. The van der Waals surface area contributed by atoms with Crippen molar-refractivity contribution in [1.29, 1.82) is 0 Å². The molecular weight excluding hydrogens is 410 g/mol. The Kier molecular flexibility index (Phi) is 7.51. The van der Waals surface area contributed by atoms with Crippen molar-refractivity contribution < 1.29 is 24.3 Å². The Morgan fingerprint density at radius 1 is 1.20 bits per heavy atom. The molecule has 2 atom stereocenters. The van der Waals surface area contributed by atoms with Crippen molar-refractivity contribution in [2.45, 2.75) is 31.6 Å². The lowest BCUT2D eigenvalue weighted by atomic mass is 10.0. The van der Waals surface area contributed by atoms with Crippen molar-refractivity contribution >= 4 is 28.8 Å². The molecule has 3 rings (SSSR count). The van der Waals surface area contributed by atoms with Crippen molar-refractivity contribution in [3.05, 3.63) is 65.7 Å². The molecular formula is C21H22ClN3O5. The van der Waals surface area contributed by atoms with Crippen LogP contribution in [0.4, 0.5) is 4.79 Å². The predicted octanol–water partition coefficient (Wildman–Crippen LogP) is 2.69. The summed E-state index contributed by atoms with van der Waals surface area (Å²) in [6.45, 7) is 0.273. The van der Waals surface area contributed by atoms with E-state index in [-0.39, 0.29) is 31.4 Å². The zero-order valence-electron chi connectivity index (χ0n) is 16.1. The minimum Gasteiger partial charge on any atom is -0.508 e. The van der Waals surface area contributed by atoms with Crippen molar-refractivity contribution in [3.63, 3.8) is 0 Å². The SMILES string of the molecule is O=C(N[C@@H](Cc1cccc(O)c1)C(=O)NCC1CC(Cl)=NO1)OCc1ccccc1. The number of phenolic OH excluding ortho intramolecular Hbond substituents is 1. The smallest absolute Gasteiger partial charge is 0.408 e. The highest BCUT2D eigenvalue weighted by atomic mass is 35.5. The molecule has 0 radical (unpaired) electrons. The molecule has 2 amide bonds. The molecule has 0 aromatic heterocycles. The highest BCUT2D eigenvalue weighted by Gasteiger charge is 2.25. The van der Waals surface area contributed by atoms with Crippen LogP contribution in [0.2, 0.25) is 0 Å². The molecule has 0 saturated carbocycles. The van der Waals surface area contributed by atoms with Crippen LogP contribution < -0.4 is 10.6 Å². The number of carbonyl (C=O) groups is 2. The van der Waals surface area contributed by atoms with Crippen molar-refractivity contribution in [1.82, 2.24) is 10.6 Å². The first-order chi connectivity index (χ1) is 14.5. The number of hydrogen-bond donors (Lipinski definition) is 3. The monoisotopic (exact) mass is 431 g/mol. The molecule has 1 unspecified atom stereocenters. The lowest BCUT2D eigenvalue weighted by Gasteiger charge is -2.19. The van der Waals surface area contributed by atoms with Crippen LogP contribution in [-0.4, -0.2) is 41.0 Å². The molecule has 0 fully saturated rings. The molecule has 1 heterocycles. The molecule has 1 aliphatic heterocycles.